The molecule has 0 radical (unpaired) electrons. The molecule has 0 amide bonds. The molecule has 7 heteroatoms. The van der Waals surface area contributed by atoms with Gasteiger partial charge in [0.15, 0.2) is 0 Å². The summed E-state index contributed by atoms with van der Waals surface area (Å²) in [6.07, 6.45) is 1.35. The van der Waals surface area contributed by atoms with Gasteiger partial charge in [-0.25, -0.2) is 10.8 Å². The van der Waals surface area contributed by atoms with Crippen molar-refractivity contribution >= 4 is 28.8 Å². The molecule has 0 aromatic heterocycles. The van der Waals surface area contributed by atoms with E-state index in [-0.39, 0.29) is 12.3 Å². The van der Waals surface area contributed by atoms with Gasteiger partial charge >= 0.3 is 5.97 Å². The Balaban J connectivity index is 1.83. The maximum Gasteiger partial charge on any atom is 0.304 e. The fraction of sp³-hybridized carbons (Fsp3) is 0.130. The normalized spacial score (nSPS) is 13.1. The van der Waals surface area contributed by atoms with E-state index >= 15 is 0 Å². The molecular weight excluding hydrogens is 398 g/mol. The number of hydrogen-bond acceptors (Lipinski definition) is 4. The zero-order valence-electron chi connectivity index (χ0n) is 16.3. The summed E-state index contributed by atoms with van der Waals surface area (Å²) in [5.74, 6) is 4.39. The molecule has 0 fully saturated rings. The van der Waals surface area contributed by atoms with Gasteiger partial charge in [-0.2, -0.15) is 0 Å². The lowest BCUT2D eigenvalue weighted by molar-refractivity contribution is -0.137. The number of carboxylic acid groups (broad SMARTS) is 1. The van der Waals surface area contributed by atoms with Crippen LogP contribution in [0.15, 0.2) is 88.8 Å². The molecule has 0 aliphatic rings. The van der Waals surface area contributed by atoms with E-state index in [0.29, 0.717) is 16.3 Å². The lowest BCUT2D eigenvalue weighted by Crippen LogP contribution is -2.18. The van der Waals surface area contributed by atoms with Crippen LogP contribution in [0.1, 0.15) is 29.0 Å². The maximum absolute atomic E-state index is 12.9. The number of carbonyl (C=O) groups is 1. The summed E-state index contributed by atoms with van der Waals surface area (Å²) >= 11 is 0. The van der Waals surface area contributed by atoms with E-state index in [2.05, 4.69) is 10.4 Å². The molecule has 4 N–H and O–H groups in total. The third kappa shape index (κ3) is 5.85. The number of nitrogens with zero attached hydrogens (tertiary/aromatic N) is 1. The van der Waals surface area contributed by atoms with Crippen molar-refractivity contribution in [1.29, 1.82) is 0 Å². The molecule has 0 aliphatic heterocycles. The summed E-state index contributed by atoms with van der Waals surface area (Å²) in [6.45, 7) is 0. The van der Waals surface area contributed by atoms with Crippen LogP contribution in [-0.4, -0.2) is 21.6 Å². The van der Waals surface area contributed by atoms with Crippen LogP contribution >= 0.6 is 0 Å². The second-order valence-corrected chi connectivity index (χ2v) is 8.17. The molecule has 0 bridgehead atoms. The second-order valence-electron chi connectivity index (χ2n) is 6.72. The molecular formula is C23H23N3O3S. The Morgan fingerprint density at radius 2 is 1.77 bits per heavy atom. The Morgan fingerprint density at radius 1 is 1.03 bits per heavy atom. The van der Waals surface area contributed by atoms with E-state index in [1.165, 1.54) is 6.34 Å². The number of hydrogen-bond donors (Lipinski definition) is 3. The summed E-state index contributed by atoms with van der Waals surface area (Å²) in [5, 5.41) is 9.39. The van der Waals surface area contributed by atoms with Crippen molar-refractivity contribution in [3.63, 3.8) is 0 Å². The first kappa shape index (κ1) is 21.4. The van der Waals surface area contributed by atoms with Crippen molar-refractivity contribution in [3.05, 3.63) is 95.6 Å². The van der Waals surface area contributed by atoms with Gasteiger partial charge in [0.05, 0.1) is 28.7 Å². The number of aliphatic imine (C=N–C) groups is 1. The van der Waals surface area contributed by atoms with Crippen LogP contribution in [0.3, 0.4) is 0 Å². The number of carboxylic acids is 1. The van der Waals surface area contributed by atoms with Gasteiger partial charge in [0.2, 0.25) is 0 Å². The standard InChI is InChI=1S/C23H23N3O3S/c24-26-16-25-20-10-5-11-21(13-20)30(29)15-17-6-4-9-19(12-17)22(14-23(27)28)18-7-2-1-3-8-18/h1-13,16,22H,14-15,24H2,(H,25,26)(H,27,28). The summed E-state index contributed by atoms with van der Waals surface area (Å²) < 4.78 is 12.9. The van der Waals surface area contributed by atoms with Crippen molar-refractivity contribution in [2.45, 2.75) is 23.0 Å². The zero-order valence-corrected chi connectivity index (χ0v) is 17.1. The van der Waals surface area contributed by atoms with Gasteiger partial charge in [0.1, 0.15) is 6.34 Å². The summed E-state index contributed by atoms with van der Waals surface area (Å²) in [7, 11) is -1.27. The molecule has 3 rings (SSSR count). The maximum atomic E-state index is 12.9. The van der Waals surface area contributed by atoms with E-state index in [0.717, 1.165) is 16.7 Å². The van der Waals surface area contributed by atoms with Crippen molar-refractivity contribution in [1.82, 2.24) is 5.43 Å². The van der Waals surface area contributed by atoms with E-state index in [4.69, 9.17) is 5.84 Å². The fourth-order valence-corrected chi connectivity index (χ4v) is 4.37. The predicted molar refractivity (Wildman–Crippen MR) is 119 cm³/mol. The SMILES string of the molecule is NNC=Nc1cccc(S(=O)Cc2cccc(C(CC(=O)O)c3ccccc3)c2)c1. The Labute approximate surface area is 177 Å². The quantitative estimate of drug-likeness (QED) is 0.211. The van der Waals surface area contributed by atoms with Crippen LogP contribution in [0.25, 0.3) is 0 Å². The van der Waals surface area contributed by atoms with Crippen LogP contribution in [0.5, 0.6) is 0 Å². The van der Waals surface area contributed by atoms with Gasteiger partial charge in [0.25, 0.3) is 0 Å². The summed E-state index contributed by atoms with van der Waals surface area (Å²) in [4.78, 5) is 16.2. The number of nitrogens with two attached hydrogens (primary N) is 1. The fourth-order valence-electron chi connectivity index (χ4n) is 3.24. The molecule has 0 saturated carbocycles. The van der Waals surface area contributed by atoms with Crippen LogP contribution < -0.4 is 11.3 Å². The minimum Gasteiger partial charge on any atom is -0.481 e. The summed E-state index contributed by atoms with van der Waals surface area (Å²) in [5.41, 5.74) is 5.71. The molecule has 3 aromatic carbocycles. The number of nitrogens with one attached hydrogen (secondary N) is 1. The molecule has 0 aliphatic carbocycles. The average molecular weight is 422 g/mol. The van der Waals surface area contributed by atoms with Crippen molar-refractivity contribution in [2.75, 3.05) is 0 Å². The minimum atomic E-state index is -1.27. The highest BCUT2D eigenvalue weighted by atomic mass is 32.2. The third-order valence-corrected chi connectivity index (χ3v) is 5.98. The number of rotatable bonds is 9. The highest BCUT2D eigenvalue weighted by Crippen LogP contribution is 2.29. The molecule has 154 valence electrons. The van der Waals surface area contributed by atoms with Crippen LogP contribution in [-0.2, 0) is 21.3 Å². The smallest absolute Gasteiger partial charge is 0.304 e. The second kappa shape index (κ2) is 10.5. The lowest BCUT2D eigenvalue weighted by Gasteiger charge is -2.17. The highest BCUT2D eigenvalue weighted by molar-refractivity contribution is 7.84. The zero-order chi connectivity index (χ0) is 21.3. The largest absolute Gasteiger partial charge is 0.481 e. The summed E-state index contributed by atoms with van der Waals surface area (Å²) in [6, 6.07) is 24.4. The van der Waals surface area contributed by atoms with Gasteiger partial charge in [-0.15, -0.1) is 0 Å². The van der Waals surface area contributed by atoms with Gasteiger partial charge < -0.3 is 10.5 Å². The topological polar surface area (TPSA) is 105 Å². The number of hydrazine groups is 1. The van der Waals surface area contributed by atoms with Gasteiger partial charge in [-0.1, -0.05) is 60.7 Å². The average Bonchev–Trinajstić information content (AvgIpc) is 2.77. The third-order valence-electron chi connectivity index (χ3n) is 4.60. The Morgan fingerprint density at radius 3 is 2.50 bits per heavy atom. The number of aliphatic carboxylic acids is 1. The van der Waals surface area contributed by atoms with E-state index in [9.17, 15) is 14.1 Å². The molecule has 3 aromatic rings. The predicted octanol–water partition coefficient (Wildman–Crippen LogP) is 3.72. The monoisotopic (exact) mass is 421 g/mol. The van der Waals surface area contributed by atoms with E-state index < -0.39 is 16.8 Å². The highest BCUT2D eigenvalue weighted by Gasteiger charge is 2.18. The molecule has 6 nitrogen and oxygen atoms in total. The van der Waals surface area contributed by atoms with Crippen LogP contribution in [0.4, 0.5) is 5.69 Å². The molecule has 30 heavy (non-hydrogen) atoms. The molecule has 2 atom stereocenters. The molecule has 0 heterocycles. The van der Waals surface area contributed by atoms with Crippen molar-refractivity contribution in [3.8, 4) is 0 Å². The van der Waals surface area contributed by atoms with Crippen molar-refractivity contribution < 1.29 is 14.1 Å². The first-order valence-corrected chi connectivity index (χ1v) is 10.7. The Hall–Kier alpha value is -3.29. The van der Waals surface area contributed by atoms with Crippen LogP contribution in [0.2, 0.25) is 0 Å². The molecule has 2 unspecified atom stereocenters. The van der Waals surface area contributed by atoms with Crippen molar-refractivity contribution in [2.24, 2.45) is 10.8 Å². The minimum absolute atomic E-state index is 0.00815. The molecule has 0 spiro atoms. The van der Waals surface area contributed by atoms with E-state index in [1.54, 1.807) is 24.3 Å². The van der Waals surface area contributed by atoms with E-state index in [1.807, 2.05) is 54.6 Å². The van der Waals surface area contributed by atoms with Gasteiger partial charge in [-0.3, -0.25) is 9.00 Å². The first-order chi connectivity index (χ1) is 14.6. The Bertz CT molecular complexity index is 1050. The van der Waals surface area contributed by atoms with Crippen LogP contribution in [0, 0.1) is 0 Å². The van der Waals surface area contributed by atoms with Gasteiger partial charge in [0, 0.05) is 10.8 Å². The number of benzene rings is 3. The van der Waals surface area contributed by atoms with Gasteiger partial charge in [-0.05, 0) is 34.9 Å². The first-order valence-electron chi connectivity index (χ1n) is 9.39. The lowest BCUT2D eigenvalue weighted by atomic mass is 9.88. The Kier molecular flexibility index (Phi) is 7.48. The molecule has 0 saturated heterocycles.